The molecule has 5 nitrogen and oxygen atoms in total. The summed E-state index contributed by atoms with van der Waals surface area (Å²) in [7, 11) is 0. The lowest BCUT2D eigenvalue weighted by Crippen LogP contribution is -2.15. The third kappa shape index (κ3) is 2.54. The topological polar surface area (TPSA) is 68.6 Å². The monoisotopic (exact) mass is 189 g/mol. The number of nitrogens with two attached hydrogens (primary N) is 1. The highest BCUT2D eigenvalue weighted by atomic mass is 15.3. The third-order valence-corrected chi connectivity index (χ3v) is 1.45. The zero-order valence-electron chi connectivity index (χ0n) is 7.88. The van der Waals surface area contributed by atoms with Crippen molar-refractivity contribution >= 4 is 12.1 Å². The van der Waals surface area contributed by atoms with Gasteiger partial charge in [0.1, 0.15) is 0 Å². The third-order valence-electron chi connectivity index (χ3n) is 1.45. The molecule has 5 heteroatoms. The van der Waals surface area contributed by atoms with Gasteiger partial charge >= 0.3 is 0 Å². The molecule has 0 atom stereocenters. The fourth-order valence-electron chi connectivity index (χ4n) is 0.882. The van der Waals surface area contributed by atoms with Gasteiger partial charge in [-0.2, -0.15) is 10.1 Å². The number of aliphatic imine (C=N–C) groups is 2. The summed E-state index contributed by atoms with van der Waals surface area (Å²) in [4.78, 5) is 7.63. The Kier molecular flexibility index (Phi) is 3.58. The number of hydrogen-bond donors (Lipinski definition) is 1. The highest BCUT2D eigenvalue weighted by molar-refractivity contribution is 6.30. The number of terminal acetylenes is 1. The molecule has 0 aliphatic heterocycles. The van der Waals surface area contributed by atoms with E-state index in [0.29, 0.717) is 5.84 Å². The van der Waals surface area contributed by atoms with Gasteiger partial charge in [0.15, 0.2) is 5.84 Å². The SMILES string of the molecule is C#C/N=C(\C=N/CN)n1ccc(C)n1. The first-order valence-electron chi connectivity index (χ1n) is 4.03. The quantitative estimate of drug-likeness (QED) is 0.404. The lowest BCUT2D eigenvalue weighted by atomic mass is 10.5. The second-order valence-electron chi connectivity index (χ2n) is 2.50. The number of aryl methyl sites for hydroxylation is 1. The molecule has 0 saturated heterocycles. The van der Waals surface area contributed by atoms with E-state index in [9.17, 15) is 0 Å². The second kappa shape index (κ2) is 4.94. The van der Waals surface area contributed by atoms with Gasteiger partial charge in [0.05, 0.1) is 18.6 Å². The molecule has 0 bridgehead atoms. The maximum atomic E-state index is 5.22. The molecule has 72 valence electrons. The summed E-state index contributed by atoms with van der Waals surface area (Å²) in [5.41, 5.74) is 6.11. The minimum Gasteiger partial charge on any atom is -0.312 e. The van der Waals surface area contributed by atoms with Crippen LogP contribution >= 0.6 is 0 Å². The first-order chi connectivity index (χ1) is 6.77. The summed E-state index contributed by atoms with van der Waals surface area (Å²) in [6, 6.07) is 4.03. The molecule has 0 aromatic carbocycles. The molecule has 2 N–H and O–H groups in total. The summed E-state index contributed by atoms with van der Waals surface area (Å²) < 4.78 is 1.55. The van der Waals surface area contributed by atoms with E-state index in [1.807, 2.05) is 13.0 Å². The van der Waals surface area contributed by atoms with Crippen LogP contribution in [0.3, 0.4) is 0 Å². The fourth-order valence-corrected chi connectivity index (χ4v) is 0.882. The maximum absolute atomic E-state index is 5.22. The average molecular weight is 189 g/mol. The van der Waals surface area contributed by atoms with Crippen LogP contribution in [0.15, 0.2) is 22.2 Å². The molecule has 1 aromatic heterocycles. The van der Waals surface area contributed by atoms with Gasteiger partial charge in [-0.05, 0) is 13.0 Å². The normalized spacial score (nSPS) is 11.9. The van der Waals surface area contributed by atoms with Crippen molar-refractivity contribution in [2.24, 2.45) is 15.7 Å². The van der Waals surface area contributed by atoms with E-state index in [-0.39, 0.29) is 6.67 Å². The summed E-state index contributed by atoms with van der Waals surface area (Å²) >= 11 is 0. The smallest absolute Gasteiger partial charge is 0.181 e. The molecular formula is C9H11N5. The minimum absolute atomic E-state index is 0.198. The van der Waals surface area contributed by atoms with Gasteiger partial charge in [0, 0.05) is 12.2 Å². The molecule has 0 radical (unpaired) electrons. The Labute approximate surface area is 82.4 Å². The van der Waals surface area contributed by atoms with E-state index in [0.717, 1.165) is 5.69 Å². The Balaban J connectivity index is 2.96. The molecule has 1 aromatic rings. The van der Waals surface area contributed by atoms with E-state index in [1.54, 1.807) is 10.9 Å². The molecule has 1 rings (SSSR count). The van der Waals surface area contributed by atoms with Gasteiger partial charge < -0.3 is 5.73 Å². The van der Waals surface area contributed by atoms with Crippen molar-refractivity contribution in [1.29, 1.82) is 0 Å². The Hall–Kier alpha value is -1.93. The highest BCUT2D eigenvalue weighted by Crippen LogP contribution is 1.92. The lowest BCUT2D eigenvalue weighted by molar-refractivity contribution is 0.920. The first-order valence-corrected chi connectivity index (χ1v) is 4.03. The van der Waals surface area contributed by atoms with Gasteiger partial charge in [0.2, 0.25) is 0 Å². The number of nitrogens with zero attached hydrogens (tertiary/aromatic N) is 4. The molecule has 0 spiro atoms. The van der Waals surface area contributed by atoms with Crippen LogP contribution in [0.1, 0.15) is 5.69 Å². The molecule has 1 heterocycles. The first kappa shape index (κ1) is 10.2. The molecule has 0 unspecified atom stereocenters. The Bertz CT molecular complexity index is 394. The second-order valence-corrected chi connectivity index (χ2v) is 2.50. The van der Waals surface area contributed by atoms with Crippen LogP contribution in [0, 0.1) is 19.4 Å². The van der Waals surface area contributed by atoms with Crippen molar-refractivity contribution < 1.29 is 0 Å². The summed E-state index contributed by atoms with van der Waals surface area (Å²) in [5, 5.41) is 4.14. The predicted molar refractivity (Wildman–Crippen MR) is 56.2 cm³/mol. The van der Waals surface area contributed by atoms with Crippen molar-refractivity contribution in [3.8, 4) is 12.5 Å². The molecule has 0 aliphatic carbocycles. The van der Waals surface area contributed by atoms with Crippen LogP contribution in [-0.2, 0) is 0 Å². The van der Waals surface area contributed by atoms with Crippen molar-refractivity contribution in [3.63, 3.8) is 0 Å². The van der Waals surface area contributed by atoms with Crippen molar-refractivity contribution in [2.45, 2.75) is 6.92 Å². The van der Waals surface area contributed by atoms with Crippen LogP contribution in [0.2, 0.25) is 0 Å². The maximum Gasteiger partial charge on any atom is 0.181 e. The molecule has 14 heavy (non-hydrogen) atoms. The fraction of sp³-hybridized carbons (Fsp3) is 0.222. The number of rotatable bonds is 2. The van der Waals surface area contributed by atoms with E-state index in [2.05, 4.69) is 21.1 Å². The van der Waals surface area contributed by atoms with Crippen LogP contribution in [0.5, 0.6) is 0 Å². The Morgan fingerprint density at radius 2 is 2.64 bits per heavy atom. The van der Waals surface area contributed by atoms with Gasteiger partial charge in [-0.1, -0.05) is 6.42 Å². The van der Waals surface area contributed by atoms with Gasteiger partial charge in [-0.3, -0.25) is 4.99 Å². The predicted octanol–water partition coefficient (Wildman–Crippen LogP) is 0.0158. The summed E-state index contributed by atoms with van der Waals surface area (Å²) in [6.45, 7) is 2.08. The summed E-state index contributed by atoms with van der Waals surface area (Å²) in [5.74, 6) is 0.478. The van der Waals surface area contributed by atoms with Crippen molar-refractivity contribution in [3.05, 3.63) is 18.0 Å². The van der Waals surface area contributed by atoms with Crippen molar-refractivity contribution in [1.82, 2.24) is 9.78 Å². The zero-order chi connectivity index (χ0) is 10.4. The van der Waals surface area contributed by atoms with Crippen LogP contribution in [0.25, 0.3) is 0 Å². The lowest BCUT2D eigenvalue weighted by Gasteiger charge is -1.96. The van der Waals surface area contributed by atoms with Gasteiger partial charge in [-0.15, -0.1) is 0 Å². The molecule has 0 fully saturated rings. The van der Waals surface area contributed by atoms with E-state index >= 15 is 0 Å². The van der Waals surface area contributed by atoms with E-state index in [4.69, 9.17) is 12.2 Å². The van der Waals surface area contributed by atoms with Crippen LogP contribution in [-0.4, -0.2) is 28.5 Å². The van der Waals surface area contributed by atoms with Crippen molar-refractivity contribution in [2.75, 3.05) is 6.67 Å². The number of hydrogen-bond acceptors (Lipinski definition) is 4. The molecule has 0 amide bonds. The van der Waals surface area contributed by atoms with Gasteiger partial charge in [0.25, 0.3) is 0 Å². The largest absolute Gasteiger partial charge is 0.312 e. The highest BCUT2D eigenvalue weighted by Gasteiger charge is 1.99. The van der Waals surface area contributed by atoms with Crippen LogP contribution in [0.4, 0.5) is 0 Å². The standard InChI is InChI=1S/C9H11N5/c1-3-12-9(6-11-7-10)14-5-4-8(2)13-14/h1,4-6H,7,10H2,2H3/b11-6-,12-9+. The Morgan fingerprint density at radius 1 is 1.86 bits per heavy atom. The summed E-state index contributed by atoms with van der Waals surface area (Å²) in [6.07, 6.45) is 8.32. The van der Waals surface area contributed by atoms with E-state index in [1.165, 1.54) is 6.21 Å². The number of aromatic nitrogens is 2. The molecule has 0 aliphatic rings. The Morgan fingerprint density at radius 3 is 3.14 bits per heavy atom. The van der Waals surface area contributed by atoms with Gasteiger partial charge in [-0.25, -0.2) is 4.68 Å². The molecule has 0 saturated carbocycles. The molecular weight excluding hydrogens is 178 g/mol. The van der Waals surface area contributed by atoms with E-state index < -0.39 is 0 Å². The minimum atomic E-state index is 0.198. The van der Waals surface area contributed by atoms with Crippen LogP contribution < -0.4 is 5.73 Å². The zero-order valence-corrected chi connectivity index (χ0v) is 7.88. The average Bonchev–Trinajstić information content (AvgIpc) is 2.59.